The SMILES string of the molecule is O[C@@H]1CC[C@H](OCc2ccccc2)[C@@H](COCc2ccccc2)O1. The maximum atomic E-state index is 9.77. The van der Waals surface area contributed by atoms with Crippen LogP contribution in [0.4, 0.5) is 0 Å². The van der Waals surface area contributed by atoms with Gasteiger partial charge in [-0.1, -0.05) is 60.7 Å². The standard InChI is InChI=1S/C20H24O4/c21-20-12-11-18(23-14-17-9-5-2-6-10-17)19(24-20)15-22-13-16-7-3-1-4-8-16/h1-10,18-21H,11-15H2/t18-,19+,20-/m0/s1. The fourth-order valence-corrected chi connectivity index (χ4v) is 2.83. The van der Waals surface area contributed by atoms with Gasteiger partial charge in [0, 0.05) is 6.42 Å². The predicted molar refractivity (Wildman–Crippen MR) is 91.2 cm³/mol. The first-order chi connectivity index (χ1) is 11.8. The molecule has 0 amide bonds. The first-order valence-electron chi connectivity index (χ1n) is 8.42. The minimum atomic E-state index is -0.730. The van der Waals surface area contributed by atoms with Crippen LogP contribution in [0, 0.1) is 0 Å². The van der Waals surface area contributed by atoms with E-state index in [4.69, 9.17) is 14.2 Å². The maximum absolute atomic E-state index is 9.77. The zero-order chi connectivity index (χ0) is 16.6. The minimum absolute atomic E-state index is 0.0654. The monoisotopic (exact) mass is 328 g/mol. The number of hydrogen-bond donors (Lipinski definition) is 1. The Balaban J connectivity index is 1.50. The molecule has 0 saturated carbocycles. The van der Waals surface area contributed by atoms with Gasteiger partial charge in [-0.05, 0) is 17.5 Å². The molecule has 1 fully saturated rings. The summed E-state index contributed by atoms with van der Waals surface area (Å²) in [6.07, 6.45) is 0.319. The van der Waals surface area contributed by atoms with Crippen LogP contribution in [0.2, 0.25) is 0 Å². The third-order valence-electron chi connectivity index (χ3n) is 4.15. The molecule has 0 aliphatic carbocycles. The average Bonchev–Trinajstić information content (AvgIpc) is 2.63. The van der Waals surface area contributed by atoms with Crippen LogP contribution in [-0.4, -0.2) is 30.2 Å². The maximum Gasteiger partial charge on any atom is 0.155 e. The number of benzene rings is 2. The second-order valence-corrected chi connectivity index (χ2v) is 6.04. The molecule has 0 bridgehead atoms. The molecule has 0 spiro atoms. The number of ether oxygens (including phenoxy) is 3. The van der Waals surface area contributed by atoms with Crippen LogP contribution in [0.3, 0.4) is 0 Å². The van der Waals surface area contributed by atoms with Crippen molar-refractivity contribution in [1.29, 1.82) is 0 Å². The molecule has 2 aromatic carbocycles. The van der Waals surface area contributed by atoms with Crippen LogP contribution in [0.5, 0.6) is 0 Å². The molecule has 0 aromatic heterocycles. The first-order valence-corrected chi connectivity index (χ1v) is 8.42. The van der Waals surface area contributed by atoms with E-state index in [0.717, 1.165) is 17.5 Å². The van der Waals surface area contributed by atoms with Crippen LogP contribution in [0.15, 0.2) is 60.7 Å². The molecule has 1 saturated heterocycles. The summed E-state index contributed by atoms with van der Waals surface area (Å²) in [5, 5.41) is 9.77. The van der Waals surface area contributed by atoms with Gasteiger partial charge in [0.15, 0.2) is 6.29 Å². The van der Waals surface area contributed by atoms with Gasteiger partial charge in [0.1, 0.15) is 6.10 Å². The summed E-state index contributed by atoms with van der Waals surface area (Å²) in [4.78, 5) is 0. The highest BCUT2D eigenvalue weighted by molar-refractivity contribution is 5.14. The Labute approximate surface area is 143 Å². The van der Waals surface area contributed by atoms with E-state index in [1.807, 2.05) is 60.7 Å². The summed E-state index contributed by atoms with van der Waals surface area (Å²) >= 11 is 0. The summed E-state index contributed by atoms with van der Waals surface area (Å²) in [6, 6.07) is 20.1. The Morgan fingerprint density at radius 1 is 0.875 bits per heavy atom. The van der Waals surface area contributed by atoms with Crippen molar-refractivity contribution in [3.63, 3.8) is 0 Å². The summed E-state index contributed by atoms with van der Waals surface area (Å²) in [6.45, 7) is 1.48. The molecule has 3 rings (SSSR count). The predicted octanol–water partition coefficient (Wildman–Crippen LogP) is 3.29. The van der Waals surface area contributed by atoms with E-state index in [-0.39, 0.29) is 12.2 Å². The Kier molecular flexibility index (Phi) is 6.38. The average molecular weight is 328 g/mol. The second kappa shape index (κ2) is 8.94. The van der Waals surface area contributed by atoms with Crippen molar-refractivity contribution in [2.24, 2.45) is 0 Å². The number of hydrogen-bond acceptors (Lipinski definition) is 4. The van der Waals surface area contributed by atoms with Gasteiger partial charge in [0.05, 0.1) is 25.9 Å². The first kappa shape index (κ1) is 17.1. The van der Waals surface area contributed by atoms with Crippen LogP contribution < -0.4 is 0 Å². The molecule has 1 N–H and O–H groups in total. The molecule has 4 nitrogen and oxygen atoms in total. The normalized spacial score (nSPS) is 24.0. The topological polar surface area (TPSA) is 47.9 Å². The lowest BCUT2D eigenvalue weighted by molar-refractivity contribution is -0.224. The van der Waals surface area contributed by atoms with E-state index in [1.165, 1.54) is 0 Å². The minimum Gasteiger partial charge on any atom is -0.374 e. The molecule has 0 radical (unpaired) electrons. The van der Waals surface area contributed by atoms with Crippen molar-refractivity contribution < 1.29 is 19.3 Å². The highest BCUT2D eigenvalue weighted by Gasteiger charge is 2.31. The largest absolute Gasteiger partial charge is 0.374 e. The smallest absolute Gasteiger partial charge is 0.155 e. The Morgan fingerprint density at radius 3 is 2.17 bits per heavy atom. The van der Waals surface area contributed by atoms with Crippen molar-refractivity contribution in [1.82, 2.24) is 0 Å². The van der Waals surface area contributed by atoms with Crippen molar-refractivity contribution in [2.45, 2.75) is 44.6 Å². The Morgan fingerprint density at radius 2 is 1.50 bits per heavy atom. The molecule has 0 unspecified atom stereocenters. The lowest BCUT2D eigenvalue weighted by Crippen LogP contribution is -2.43. The lowest BCUT2D eigenvalue weighted by atomic mass is 10.0. The summed E-state index contributed by atoms with van der Waals surface area (Å²) in [7, 11) is 0. The molecule has 1 aliphatic heterocycles. The van der Waals surface area contributed by atoms with Crippen LogP contribution in [0.25, 0.3) is 0 Å². The van der Waals surface area contributed by atoms with Gasteiger partial charge in [0.2, 0.25) is 0 Å². The van der Waals surface area contributed by atoms with Crippen molar-refractivity contribution >= 4 is 0 Å². The van der Waals surface area contributed by atoms with E-state index in [0.29, 0.717) is 26.2 Å². The number of rotatable bonds is 7. The highest BCUT2D eigenvalue weighted by Crippen LogP contribution is 2.23. The molecule has 1 heterocycles. The summed E-state index contributed by atoms with van der Waals surface area (Å²) in [5.74, 6) is 0. The Hall–Kier alpha value is -1.72. The summed E-state index contributed by atoms with van der Waals surface area (Å²) < 4.78 is 17.4. The molecular formula is C20H24O4. The highest BCUT2D eigenvalue weighted by atomic mass is 16.6. The molecule has 2 aromatic rings. The third-order valence-corrected chi connectivity index (χ3v) is 4.15. The number of aliphatic hydroxyl groups is 1. The van der Waals surface area contributed by atoms with E-state index >= 15 is 0 Å². The van der Waals surface area contributed by atoms with Gasteiger partial charge in [0.25, 0.3) is 0 Å². The fraction of sp³-hybridized carbons (Fsp3) is 0.400. The fourth-order valence-electron chi connectivity index (χ4n) is 2.83. The van der Waals surface area contributed by atoms with Gasteiger partial charge >= 0.3 is 0 Å². The van der Waals surface area contributed by atoms with Crippen molar-refractivity contribution in [3.05, 3.63) is 71.8 Å². The molecule has 4 heteroatoms. The number of aliphatic hydroxyl groups excluding tert-OH is 1. The third kappa shape index (κ3) is 5.14. The van der Waals surface area contributed by atoms with Crippen molar-refractivity contribution in [3.8, 4) is 0 Å². The van der Waals surface area contributed by atoms with Crippen LogP contribution >= 0.6 is 0 Å². The van der Waals surface area contributed by atoms with E-state index in [9.17, 15) is 5.11 Å². The molecule has 1 aliphatic rings. The second-order valence-electron chi connectivity index (χ2n) is 6.04. The quantitative estimate of drug-likeness (QED) is 0.847. The van der Waals surface area contributed by atoms with Gasteiger partial charge in [-0.2, -0.15) is 0 Å². The van der Waals surface area contributed by atoms with Gasteiger partial charge in [-0.15, -0.1) is 0 Å². The van der Waals surface area contributed by atoms with Crippen LogP contribution in [0.1, 0.15) is 24.0 Å². The lowest BCUT2D eigenvalue weighted by Gasteiger charge is -2.34. The van der Waals surface area contributed by atoms with E-state index in [1.54, 1.807) is 0 Å². The van der Waals surface area contributed by atoms with Gasteiger partial charge in [-0.25, -0.2) is 0 Å². The van der Waals surface area contributed by atoms with Crippen LogP contribution in [-0.2, 0) is 27.4 Å². The molecular weight excluding hydrogens is 304 g/mol. The zero-order valence-corrected chi connectivity index (χ0v) is 13.7. The van der Waals surface area contributed by atoms with E-state index in [2.05, 4.69) is 0 Å². The molecule has 3 atom stereocenters. The zero-order valence-electron chi connectivity index (χ0n) is 13.7. The summed E-state index contributed by atoms with van der Waals surface area (Å²) in [5.41, 5.74) is 2.25. The van der Waals surface area contributed by atoms with Crippen molar-refractivity contribution in [2.75, 3.05) is 6.61 Å². The molecule has 128 valence electrons. The molecule has 24 heavy (non-hydrogen) atoms. The Bertz CT molecular complexity index is 587. The van der Waals surface area contributed by atoms with E-state index < -0.39 is 6.29 Å². The van der Waals surface area contributed by atoms with Gasteiger partial charge in [-0.3, -0.25) is 0 Å². The van der Waals surface area contributed by atoms with Gasteiger partial charge < -0.3 is 19.3 Å².